The predicted molar refractivity (Wildman–Crippen MR) is 101 cm³/mol. The minimum atomic E-state index is -0.476. The molecule has 0 radical (unpaired) electrons. The van der Waals surface area contributed by atoms with E-state index in [-0.39, 0.29) is 6.10 Å². The first-order chi connectivity index (χ1) is 12.4. The predicted octanol–water partition coefficient (Wildman–Crippen LogP) is 5.74. The Balaban J connectivity index is 1.38. The third-order valence-electron chi connectivity index (χ3n) is 8.47. The van der Waals surface area contributed by atoms with Gasteiger partial charge in [0.2, 0.25) is 0 Å². The molecule has 26 heavy (non-hydrogen) atoms. The number of hydrogen-bond acceptors (Lipinski definition) is 3. The fourth-order valence-electron chi connectivity index (χ4n) is 8.11. The zero-order valence-electron chi connectivity index (χ0n) is 16.6. The average Bonchev–Trinajstić information content (AvgIpc) is 3.32. The van der Waals surface area contributed by atoms with E-state index in [1.807, 2.05) is 20.8 Å². The molecule has 4 bridgehead atoms. The van der Waals surface area contributed by atoms with Gasteiger partial charge in [0, 0.05) is 5.92 Å². The van der Waals surface area contributed by atoms with Gasteiger partial charge in [-0.25, -0.2) is 4.79 Å². The Bertz CT molecular complexity index is 611. The van der Waals surface area contributed by atoms with Gasteiger partial charge in [0.25, 0.3) is 0 Å². The van der Waals surface area contributed by atoms with Crippen molar-refractivity contribution in [1.29, 1.82) is 0 Å². The molecule has 144 valence electrons. The molecule has 4 saturated carbocycles. The second-order valence-corrected chi connectivity index (χ2v) is 10.7. The number of carbonyl (C=O) groups excluding carboxylic acids is 1. The molecule has 0 aliphatic heterocycles. The maximum Gasteiger partial charge on any atom is 0.509 e. The second-order valence-electron chi connectivity index (χ2n) is 10.7. The molecule has 7 unspecified atom stereocenters. The third-order valence-corrected chi connectivity index (χ3v) is 8.47. The fourth-order valence-corrected chi connectivity index (χ4v) is 8.11. The molecular weight excluding hydrogens is 324 g/mol. The first-order valence-electron chi connectivity index (χ1n) is 11.0. The molecule has 0 N–H and O–H groups in total. The molecular formula is C23H34O3. The first-order valence-corrected chi connectivity index (χ1v) is 11.0. The van der Waals surface area contributed by atoms with Gasteiger partial charge in [0.15, 0.2) is 0 Å². The highest BCUT2D eigenvalue weighted by Gasteiger charge is 2.72. The Morgan fingerprint density at radius 1 is 1.00 bits per heavy atom. The van der Waals surface area contributed by atoms with Crippen LogP contribution in [0.4, 0.5) is 4.79 Å². The molecule has 0 saturated heterocycles. The summed E-state index contributed by atoms with van der Waals surface area (Å²) in [6.45, 7) is 5.72. The minimum absolute atomic E-state index is 0.0873. The maximum atomic E-state index is 12.3. The van der Waals surface area contributed by atoms with E-state index in [0.717, 1.165) is 36.0 Å². The smallest absolute Gasteiger partial charge is 0.431 e. The van der Waals surface area contributed by atoms with Gasteiger partial charge in [0.1, 0.15) is 11.7 Å². The van der Waals surface area contributed by atoms with Crippen molar-refractivity contribution < 1.29 is 14.3 Å². The van der Waals surface area contributed by atoms with Gasteiger partial charge in [-0.15, -0.1) is 0 Å². The van der Waals surface area contributed by atoms with Gasteiger partial charge in [-0.1, -0.05) is 31.4 Å². The van der Waals surface area contributed by atoms with E-state index in [1.165, 1.54) is 44.9 Å². The summed E-state index contributed by atoms with van der Waals surface area (Å²) in [6, 6.07) is 0. The van der Waals surface area contributed by atoms with Crippen molar-refractivity contribution in [3.8, 4) is 0 Å². The van der Waals surface area contributed by atoms with Gasteiger partial charge < -0.3 is 9.47 Å². The Kier molecular flexibility index (Phi) is 3.79. The quantitative estimate of drug-likeness (QED) is 0.359. The molecule has 0 heterocycles. The summed E-state index contributed by atoms with van der Waals surface area (Å²) in [7, 11) is 0. The van der Waals surface area contributed by atoms with Crippen molar-refractivity contribution in [2.75, 3.05) is 0 Å². The van der Waals surface area contributed by atoms with Crippen LogP contribution in [-0.4, -0.2) is 17.9 Å². The molecule has 0 spiro atoms. The Morgan fingerprint density at radius 3 is 2.50 bits per heavy atom. The van der Waals surface area contributed by atoms with Crippen molar-refractivity contribution in [3.63, 3.8) is 0 Å². The summed E-state index contributed by atoms with van der Waals surface area (Å²) >= 11 is 0. The van der Waals surface area contributed by atoms with Crippen molar-refractivity contribution in [3.05, 3.63) is 12.2 Å². The highest BCUT2D eigenvalue weighted by molar-refractivity contribution is 5.61. The minimum Gasteiger partial charge on any atom is -0.431 e. The lowest BCUT2D eigenvalue weighted by Gasteiger charge is -2.53. The first kappa shape index (κ1) is 17.1. The summed E-state index contributed by atoms with van der Waals surface area (Å²) < 4.78 is 11.3. The number of hydrogen-bond donors (Lipinski definition) is 0. The third kappa shape index (κ3) is 2.34. The summed E-state index contributed by atoms with van der Waals surface area (Å²) in [4.78, 5) is 12.3. The van der Waals surface area contributed by atoms with Crippen LogP contribution >= 0.6 is 0 Å². The van der Waals surface area contributed by atoms with E-state index in [9.17, 15) is 4.79 Å². The lowest BCUT2D eigenvalue weighted by Crippen LogP contribution is -2.50. The summed E-state index contributed by atoms with van der Waals surface area (Å²) in [5.41, 5.74) is 0.0635. The highest BCUT2D eigenvalue weighted by Crippen LogP contribution is 2.76. The summed E-state index contributed by atoms with van der Waals surface area (Å²) in [6.07, 6.45) is 15.6. The molecule has 0 aromatic heterocycles. The van der Waals surface area contributed by atoms with Crippen LogP contribution in [0.5, 0.6) is 0 Å². The van der Waals surface area contributed by atoms with Gasteiger partial charge in [-0.05, 0) is 87.9 Å². The molecule has 7 atom stereocenters. The fraction of sp³-hybridized carbons (Fsp3) is 0.870. The average molecular weight is 359 g/mol. The SMILES string of the molecule is CC(C)(C)OC(=O)OC1CC2CC1C1C3C=CC(C3)C21C1CCCCC1. The van der Waals surface area contributed by atoms with Crippen molar-refractivity contribution >= 4 is 6.16 Å². The normalized spacial score (nSPS) is 46.6. The van der Waals surface area contributed by atoms with Crippen LogP contribution in [0.15, 0.2) is 12.2 Å². The molecule has 3 nitrogen and oxygen atoms in total. The number of allylic oxidation sites excluding steroid dienone is 2. The molecule has 5 aliphatic carbocycles. The Morgan fingerprint density at radius 2 is 1.77 bits per heavy atom. The van der Waals surface area contributed by atoms with Crippen LogP contribution in [0.2, 0.25) is 0 Å². The molecule has 5 rings (SSSR count). The van der Waals surface area contributed by atoms with Gasteiger partial charge >= 0.3 is 6.16 Å². The monoisotopic (exact) mass is 358 g/mol. The van der Waals surface area contributed by atoms with E-state index < -0.39 is 11.8 Å². The molecule has 0 amide bonds. The van der Waals surface area contributed by atoms with E-state index in [2.05, 4.69) is 12.2 Å². The van der Waals surface area contributed by atoms with Gasteiger partial charge in [-0.3, -0.25) is 0 Å². The van der Waals surface area contributed by atoms with Crippen LogP contribution in [0.3, 0.4) is 0 Å². The van der Waals surface area contributed by atoms with Crippen LogP contribution in [0, 0.1) is 40.9 Å². The van der Waals surface area contributed by atoms with E-state index in [4.69, 9.17) is 9.47 Å². The van der Waals surface area contributed by atoms with Crippen LogP contribution in [0.1, 0.15) is 72.1 Å². The Hall–Kier alpha value is -0.990. The maximum absolute atomic E-state index is 12.3. The zero-order chi connectivity index (χ0) is 18.1. The van der Waals surface area contributed by atoms with E-state index in [0.29, 0.717) is 11.3 Å². The largest absolute Gasteiger partial charge is 0.509 e. The van der Waals surface area contributed by atoms with E-state index >= 15 is 0 Å². The van der Waals surface area contributed by atoms with Crippen LogP contribution < -0.4 is 0 Å². The molecule has 4 fully saturated rings. The van der Waals surface area contributed by atoms with Crippen LogP contribution in [0.25, 0.3) is 0 Å². The summed E-state index contributed by atoms with van der Waals surface area (Å²) in [5.74, 6) is 4.54. The topological polar surface area (TPSA) is 35.5 Å². The number of fused-ring (bicyclic) bond motifs is 9. The van der Waals surface area contributed by atoms with Crippen molar-refractivity contribution in [1.82, 2.24) is 0 Å². The summed E-state index contributed by atoms with van der Waals surface area (Å²) in [5, 5.41) is 0. The number of ether oxygens (including phenoxy) is 2. The van der Waals surface area contributed by atoms with Crippen LogP contribution in [-0.2, 0) is 9.47 Å². The molecule has 5 aliphatic rings. The Labute approximate surface area is 157 Å². The number of rotatable bonds is 2. The second kappa shape index (κ2) is 5.75. The lowest BCUT2D eigenvalue weighted by molar-refractivity contribution is -0.0865. The molecule has 0 aromatic carbocycles. The molecule has 3 heteroatoms. The van der Waals surface area contributed by atoms with Crippen molar-refractivity contribution in [2.24, 2.45) is 40.9 Å². The number of carbonyl (C=O) groups is 1. The zero-order valence-corrected chi connectivity index (χ0v) is 16.6. The highest BCUT2D eigenvalue weighted by atomic mass is 16.7. The lowest BCUT2D eigenvalue weighted by atomic mass is 9.52. The molecule has 0 aromatic rings. The van der Waals surface area contributed by atoms with Crippen molar-refractivity contribution in [2.45, 2.75) is 83.8 Å². The van der Waals surface area contributed by atoms with E-state index in [1.54, 1.807) is 0 Å². The van der Waals surface area contributed by atoms with Gasteiger partial charge in [-0.2, -0.15) is 0 Å². The standard InChI is InChI=1S/C23H34O3/c1-22(2,3)26-21(24)25-19-13-17-12-18(19)20-14-9-10-16(11-14)23(17,20)15-7-5-4-6-8-15/h9-10,14-20H,4-8,11-13H2,1-3H3. The van der Waals surface area contributed by atoms with Gasteiger partial charge in [0.05, 0.1) is 0 Å².